The van der Waals surface area contributed by atoms with Gasteiger partial charge in [-0.05, 0) is 13.3 Å². The molecular formula is C10H15NO3S. The summed E-state index contributed by atoms with van der Waals surface area (Å²) in [6.07, 6.45) is 0.564. The van der Waals surface area contributed by atoms with E-state index in [-0.39, 0.29) is 18.6 Å². The molecule has 0 radical (unpaired) electrons. The summed E-state index contributed by atoms with van der Waals surface area (Å²) in [5, 5.41) is 13.3. The van der Waals surface area contributed by atoms with Gasteiger partial charge in [0, 0.05) is 24.1 Å². The van der Waals surface area contributed by atoms with Gasteiger partial charge in [0.2, 0.25) is 0 Å². The van der Waals surface area contributed by atoms with Gasteiger partial charge in [0.05, 0.1) is 12.0 Å². The maximum atomic E-state index is 11.6. The molecule has 5 heteroatoms. The maximum absolute atomic E-state index is 11.6. The quantitative estimate of drug-likeness (QED) is 0.799. The van der Waals surface area contributed by atoms with Crippen LogP contribution in [-0.4, -0.2) is 30.8 Å². The molecule has 0 aliphatic heterocycles. The van der Waals surface area contributed by atoms with Crippen molar-refractivity contribution in [2.24, 2.45) is 0 Å². The van der Waals surface area contributed by atoms with Gasteiger partial charge in [0.1, 0.15) is 5.75 Å². The molecule has 4 nitrogen and oxygen atoms in total. The van der Waals surface area contributed by atoms with E-state index in [0.29, 0.717) is 17.0 Å². The average Bonchev–Trinajstić information content (AvgIpc) is 2.66. The van der Waals surface area contributed by atoms with Gasteiger partial charge in [-0.1, -0.05) is 0 Å². The summed E-state index contributed by atoms with van der Waals surface area (Å²) in [7, 11) is 1.57. The smallest absolute Gasteiger partial charge is 0.261 e. The van der Waals surface area contributed by atoms with Crippen LogP contribution in [0.4, 0.5) is 0 Å². The van der Waals surface area contributed by atoms with Gasteiger partial charge >= 0.3 is 0 Å². The van der Waals surface area contributed by atoms with E-state index in [1.807, 2.05) is 6.92 Å². The Morgan fingerprint density at radius 3 is 3.00 bits per heavy atom. The van der Waals surface area contributed by atoms with Crippen molar-refractivity contribution in [1.29, 1.82) is 0 Å². The van der Waals surface area contributed by atoms with Gasteiger partial charge < -0.3 is 15.2 Å². The van der Waals surface area contributed by atoms with Crippen LogP contribution in [0.25, 0.3) is 0 Å². The Bertz CT molecular complexity index is 324. The third-order valence-electron chi connectivity index (χ3n) is 1.97. The molecule has 1 heterocycles. The van der Waals surface area contributed by atoms with Crippen molar-refractivity contribution >= 4 is 17.2 Å². The molecule has 0 fully saturated rings. The van der Waals surface area contributed by atoms with Crippen molar-refractivity contribution in [3.05, 3.63) is 16.3 Å². The van der Waals surface area contributed by atoms with E-state index in [1.165, 1.54) is 11.3 Å². The molecule has 1 aromatic heterocycles. The van der Waals surface area contributed by atoms with Crippen LogP contribution in [0.15, 0.2) is 11.4 Å². The van der Waals surface area contributed by atoms with Crippen molar-refractivity contribution in [1.82, 2.24) is 5.32 Å². The zero-order chi connectivity index (χ0) is 11.3. The van der Waals surface area contributed by atoms with Crippen LogP contribution < -0.4 is 10.1 Å². The molecule has 1 unspecified atom stereocenters. The third kappa shape index (κ3) is 3.53. The van der Waals surface area contributed by atoms with E-state index < -0.39 is 0 Å². The Hall–Kier alpha value is -1.07. The Morgan fingerprint density at radius 1 is 1.73 bits per heavy atom. The minimum Gasteiger partial charge on any atom is -0.496 e. The first-order chi connectivity index (χ1) is 7.17. The minimum atomic E-state index is -0.121. The lowest BCUT2D eigenvalue weighted by Gasteiger charge is -2.10. The lowest BCUT2D eigenvalue weighted by molar-refractivity contribution is 0.0938. The standard InChI is InChI=1S/C10H15NO3S/c1-7(3-4-12)11-10(13)9-5-8(14-2)6-15-9/h5-7,12H,3-4H2,1-2H3,(H,11,13). The number of methoxy groups -OCH3 is 1. The van der Waals surface area contributed by atoms with Gasteiger partial charge in [-0.25, -0.2) is 0 Å². The highest BCUT2D eigenvalue weighted by atomic mass is 32.1. The van der Waals surface area contributed by atoms with E-state index in [2.05, 4.69) is 5.32 Å². The van der Waals surface area contributed by atoms with Gasteiger partial charge in [0.15, 0.2) is 0 Å². The molecule has 0 spiro atoms. The number of hydrogen-bond donors (Lipinski definition) is 2. The van der Waals surface area contributed by atoms with Crippen molar-refractivity contribution in [2.75, 3.05) is 13.7 Å². The van der Waals surface area contributed by atoms with Crippen LogP contribution in [0.1, 0.15) is 23.0 Å². The topological polar surface area (TPSA) is 58.6 Å². The minimum absolute atomic E-state index is 0.0180. The fraction of sp³-hybridized carbons (Fsp3) is 0.500. The first kappa shape index (κ1) is 12.0. The normalized spacial score (nSPS) is 12.2. The van der Waals surface area contributed by atoms with Crippen LogP contribution in [-0.2, 0) is 0 Å². The zero-order valence-electron chi connectivity index (χ0n) is 8.82. The van der Waals surface area contributed by atoms with E-state index in [0.717, 1.165) is 0 Å². The first-order valence-electron chi connectivity index (χ1n) is 4.71. The van der Waals surface area contributed by atoms with Crippen molar-refractivity contribution in [3.8, 4) is 5.75 Å². The molecule has 1 atom stereocenters. The Morgan fingerprint density at radius 2 is 2.47 bits per heavy atom. The number of carbonyl (C=O) groups excluding carboxylic acids is 1. The monoisotopic (exact) mass is 229 g/mol. The molecule has 0 saturated heterocycles. The number of carbonyl (C=O) groups is 1. The molecule has 0 aliphatic rings. The van der Waals surface area contributed by atoms with Gasteiger partial charge in [-0.15, -0.1) is 11.3 Å². The SMILES string of the molecule is COc1csc(C(=O)NC(C)CCO)c1. The molecule has 0 bridgehead atoms. The highest BCUT2D eigenvalue weighted by molar-refractivity contribution is 7.12. The first-order valence-corrected chi connectivity index (χ1v) is 5.59. The van der Waals surface area contributed by atoms with E-state index >= 15 is 0 Å². The Kier molecular flexibility index (Phi) is 4.58. The zero-order valence-corrected chi connectivity index (χ0v) is 9.63. The summed E-state index contributed by atoms with van der Waals surface area (Å²) >= 11 is 1.34. The van der Waals surface area contributed by atoms with Crippen LogP contribution >= 0.6 is 11.3 Å². The summed E-state index contributed by atoms with van der Waals surface area (Å²) in [5.74, 6) is 0.573. The van der Waals surface area contributed by atoms with E-state index in [1.54, 1.807) is 18.6 Å². The summed E-state index contributed by atoms with van der Waals surface area (Å²) in [6, 6.07) is 1.68. The summed E-state index contributed by atoms with van der Waals surface area (Å²) < 4.78 is 4.99. The van der Waals surface area contributed by atoms with E-state index in [9.17, 15) is 4.79 Å². The van der Waals surface area contributed by atoms with Crippen LogP contribution in [0.5, 0.6) is 5.75 Å². The van der Waals surface area contributed by atoms with Crippen LogP contribution in [0.2, 0.25) is 0 Å². The fourth-order valence-electron chi connectivity index (χ4n) is 1.11. The highest BCUT2D eigenvalue weighted by Gasteiger charge is 2.11. The van der Waals surface area contributed by atoms with Crippen molar-refractivity contribution in [3.63, 3.8) is 0 Å². The van der Waals surface area contributed by atoms with Gasteiger partial charge in [-0.3, -0.25) is 4.79 Å². The predicted molar refractivity (Wildman–Crippen MR) is 59.5 cm³/mol. The highest BCUT2D eigenvalue weighted by Crippen LogP contribution is 2.20. The third-order valence-corrected chi connectivity index (χ3v) is 2.88. The molecule has 15 heavy (non-hydrogen) atoms. The number of aliphatic hydroxyl groups is 1. The molecule has 1 amide bonds. The predicted octanol–water partition coefficient (Wildman–Crippen LogP) is 1.26. The lowest BCUT2D eigenvalue weighted by Crippen LogP contribution is -2.32. The Labute approximate surface area is 92.9 Å². The number of rotatable bonds is 5. The summed E-state index contributed by atoms with van der Waals surface area (Å²) in [6.45, 7) is 1.94. The van der Waals surface area contributed by atoms with Crippen LogP contribution in [0, 0.1) is 0 Å². The van der Waals surface area contributed by atoms with Crippen LogP contribution in [0.3, 0.4) is 0 Å². The second-order valence-corrected chi connectivity index (χ2v) is 4.15. The molecule has 1 aromatic rings. The van der Waals surface area contributed by atoms with Gasteiger partial charge in [0.25, 0.3) is 5.91 Å². The molecule has 84 valence electrons. The summed E-state index contributed by atoms with van der Waals surface area (Å²) in [5.41, 5.74) is 0. The molecule has 0 aromatic carbocycles. The Balaban J connectivity index is 2.53. The number of thiophene rings is 1. The largest absolute Gasteiger partial charge is 0.496 e. The van der Waals surface area contributed by atoms with Crippen molar-refractivity contribution < 1.29 is 14.6 Å². The second kappa shape index (κ2) is 5.72. The molecule has 0 aliphatic carbocycles. The van der Waals surface area contributed by atoms with E-state index in [4.69, 9.17) is 9.84 Å². The summed E-state index contributed by atoms with van der Waals surface area (Å²) in [4.78, 5) is 12.2. The number of ether oxygens (including phenoxy) is 1. The molecular weight excluding hydrogens is 214 g/mol. The molecule has 0 saturated carbocycles. The lowest BCUT2D eigenvalue weighted by atomic mass is 10.2. The fourth-order valence-corrected chi connectivity index (χ4v) is 1.86. The van der Waals surface area contributed by atoms with Gasteiger partial charge in [-0.2, -0.15) is 0 Å². The average molecular weight is 229 g/mol. The number of nitrogens with one attached hydrogen (secondary N) is 1. The molecule has 1 rings (SSSR count). The second-order valence-electron chi connectivity index (χ2n) is 3.24. The molecule has 2 N–H and O–H groups in total. The maximum Gasteiger partial charge on any atom is 0.261 e. The van der Waals surface area contributed by atoms with Crippen molar-refractivity contribution in [2.45, 2.75) is 19.4 Å². The number of amides is 1. The number of hydrogen-bond acceptors (Lipinski definition) is 4. The number of aliphatic hydroxyl groups excluding tert-OH is 1.